The van der Waals surface area contributed by atoms with E-state index in [1.165, 1.54) is 6.20 Å². The molecule has 0 radical (unpaired) electrons. The van der Waals surface area contributed by atoms with Gasteiger partial charge < -0.3 is 10.1 Å². The SMILES string of the molecule is Cc1ccc(CNC(=O)OCC(F)(F)F)cn1. The molecule has 0 aliphatic heterocycles. The number of rotatable bonds is 3. The van der Waals surface area contributed by atoms with Crippen molar-refractivity contribution < 1.29 is 22.7 Å². The number of nitrogens with one attached hydrogen (secondary N) is 1. The Hall–Kier alpha value is -1.79. The van der Waals surface area contributed by atoms with Crippen LogP contribution in [0.15, 0.2) is 18.3 Å². The fourth-order valence-electron chi connectivity index (χ4n) is 0.976. The van der Waals surface area contributed by atoms with E-state index in [0.29, 0.717) is 5.56 Å². The molecule has 0 spiro atoms. The summed E-state index contributed by atoms with van der Waals surface area (Å²) in [7, 11) is 0. The molecule has 1 amide bonds. The Kier molecular flexibility index (Phi) is 4.30. The summed E-state index contributed by atoms with van der Waals surface area (Å²) in [5.74, 6) is 0. The van der Waals surface area contributed by atoms with Crippen LogP contribution in [0.25, 0.3) is 0 Å². The van der Waals surface area contributed by atoms with Gasteiger partial charge >= 0.3 is 12.3 Å². The van der Waals surface area contributed by atoms with E-state index in [2.05, 4.69) is 15.0 Å². The van der Waals surface area contributed by atoms with E-state index in [9.17, 15) is 18.0 Å². The lowest BCUT2D eigenvalue weighted by Crippen LogP contribution is -2.28. The highest BCUT2D eigenvalue weighted by atomic mass is 19.4. The van der Waals surface area contributed by atoms with Gasteiger partial charge in [-0.3, -0.25) is 4.98 Å². The van der Waals surface area contributed by atoms with Crippen LogP contribution in [0.4, 0.5) is 18.0 Å². The van der Waals surface area contributed by atoms with Crippen LogP contribution >= 0.6 is 0 Å². The lowest BCUT2D eigenvalue weighted by atomic mass is 10.2. The van der Waals surface area contributed by atoms with Gasteiger partial charge in [0.2, 0.25) is 0 Å². The molecule has 0 aromatic carbocycles. The van der Waals surface area contributed by atoms with Gasteiger partial charge in [-0.15, -0.1) is 0 Å². The molecule has 17 heavy (non-hydrogen) atoms. The maximum absolute atomic E-state index is 11.7. The van der Waals surface area contributed by atoms with Crippen LogP contribution in [0.5, 0.6) is 0 Å². The van der Waals surface area contributed by atoms with Crippen molar-refractivity contribution in [1.82, 2.24) is 10.3 Å². The zero-order valence-electron chi connectivity index (χ0n) is 9.04. The first-order valence-corrected chi connectivity index (χ1v) is 4.76. The molecule has 0 aliphatic carbocycles. The molecule has 0 saturated heterocycles. The van der Waals surface area contributed by atoms with E-state index in [-0.39, 0.29) is 6.54 Å². The number of aromatic nitrogens is 1. The molecule has 0 atom stereocenters. The van der Waals surface area contributed by atoms with Gasteiger partial charge in [0.1, 0.15) is 0 Å². The Balaban J connectivity index is 2.31. The summed E-state index contributed by atoms with van der Waals surface area (Å²) in [6.45, 7) is 0.282. The van der Waals surface area contributed by atoms with Crippen LogP contribution in [0.2, 0.25) is 0 Å². The minimum absolute atomic E-state index is 0.0734. The predicted octanol–water partition coefficient (Wildman–Crippen LogP) is 2.18. The Morgan fingerprint density at radius 3 is 2.71 bits per heavy atom. The third-order valence-corrected chi connectivity index (χ3v) is 1.78. The smallest absolute Gasteiger partial charge is 0.422 e. The van der Waals surface area contributed by atoms with Crippen molar-refractivity contribution in [3.63, 3.8) is 0 Å². The van der Waals surface area contributed by atoms with Gasteiger partial charge in [0.15, 0.2) is 6.61 Å². The molecule has 1 aromatic rings. The number of ether oxygens (including phenoxy) is 1. The number of amides is 1. The summed E-state index contributed by atoms with van der Waals surface area (Å²) >= 11 is 0. The number of nitrogens with zero attached hydrogens (tertiary/aromatic N) is 1. The lowest BCUT2D eigenvalue weighted by molar-refractivity contribution is -0.160. The number of halogens is 3. The first kappa shape index (κ1) is 13.3. The summed E-state index contributed by atoms with van der Waals surface area (Å²) in [6.07, 6.45) is -4.09. The zero-order valence-corrected chi connectivity index (χ0v) is 9.04. The van der Waals surface area contributed by atoms with Crippen LogP contribution in [0.1, 0.15) is 11.3 Å². The maximum Gasteiger partial charge on any atom is 0.422 e. The molecule has 94 valence electrons. The van der Waals surface area contributed by atoms with Crippen molar-refractivity contribution in [3.05, 3.63) is 29.6 Å². The maximum atomic E-state index is 11.7. The highest BCUT2D eigenvalue weighted by molar-refractivity contribution is 5.67. The molecule has 1 heterocycles. The van der Waals surface area contributed by atoms with Crippen LogP contribution in [0.3, 0.4) is 0 Å². The third-order valence-electron chi connectivity index (χ3n) is 1.78. The topological polar surface area (TPSA) is 51.2 Å². The molecule has 0 fully saturated rings. The van der Waals surface area contributed by atoms with E-state index in [1.807, 2.05) is 0 Å². The molecule has 1 N–H and O–H groups in total. The minimum atomic E-state index is -4.51. The third kappa shape index (κ3) is 5.74. The number of pyridine rings is 1. The van der Waals surface area contributed by atoms with Gasteiger partial charge in [0.05, 0.1) is 0 Å². The average Bonchev–Trinajstić information content (AvgIpc) is 2.25. The van der Waals surface area contributed by atoms with Gasteiger partial charge in [-0.25, -0.2) is 4.79 Å². The quantitative estimate of drug-likeness (QED) is 0.891. The second-order valence-electron chi connectivity index (χ2n) is 3.35. The van der Waals surface area contributed by atoms with Gasteiger partial charge in [0.25, 0.3) is 0 Å². The molecular weight excluding hydrogens is 237 g/mol. The Morgan fingerprint density at radius 2 is 2.18 bits per heavy atom. The van der Waals surface area contributed by atoms with Crippen molar-refractivity contribution in [3.8, 4) is 0 Å². The Morgan fingerprint density at radius 1 is 1.47 bits per heavy atom. The van der Waals surface area contributed by atoms with Crippen molar-refractivity contribution in [2.24, 2.45) is 0 Å². The molecule has 0 unspecified atom stereocenters. The van der Waals surface area contributed by atoms with E-state index in [0.717, 1.165) is 5.69 Å². The van der Waals surface area contributed by atoms with Crippen LogP contribution in [-0.2, 0) is 11.3 Å². The molecular formula is C10H11F3N2O2. The molecule has 1 aromatic heterocycles. The number of carbonyl (C=O) groups excluding carboxylic acids is 1. The fraction of sp³-hybridized carbons (Fsp3) is 0.400. The van der Waals surface area contributed by atoms with Crippen molar-refractivity contribution in [2.75, 3.05) is 6.61 Å². The highest BCUT2D eigenvalue weighted by Crippen LogP contribution is 2.14. The normalized spacial score (nSPS) is 11.1. The minimum Gasteiger partial charge on any atom is -0.440 e. The van der Waals surface area contributed by atoms with Crippen LogP contribution in [-0.4, -0.2) is 23.9 Å². The van der Waals surface area contributed by atoms with Crippen LogP contribution < -0.4 is 5.32 Å². The first-order chi connectivity index (χ1) is 7.87. The molecule has 0 aliphatic rings. The van der Waals surface area contributed by atoms with Crippen LogP contribution in [0, 0.1) is 6.92 Å². The van der Waals surface area contributed by atoms with Gasteiger partial charge in [0, 0.05) is 18.4 Å². The van der Waals surface area contributed by atoms with E-state index in [4.69, 9.17) is 0 Å². The number of hydrogen-bond donors (Lipinski definition) is 1. The van der Waals surface area contributed by atoms with Gasteiger partial charge in [-0.2, -0.15) is 13.2 Å². The number of hydrogen-bond acceptors (Lipinski definition) is 3. The monoisotopic (exact) mass is 248 g/mol. The van der Waals surface area contributed by atoms with E-state index >= 15 is 0 Å². The van der Waals surface area contributed by atoms with E-state index < -0.39 is 18.9 Å². The summed E-state index contributed by atoms with van der Waals surface area (Å²) < 4.78 is 39.1. The fourth-order valence-corrected chi connectivity index (χ4v) is 0.976. The zero-order chi connectivity index (χ0) is 12.9. The predicted molar refractivity (Wildman–Crippen MR) is 53.2 cm³/mol. The first-order valence-electron chi connectivity index (χ1n) is 4.76. The second kappa shape index (κ2) is 5.51. The largest absolute Gasteiger partial charge is 0.440 e. The highest BCUT2D eigenvalue weighted by Gasteiger charge is 2.29. The average molecular weight is 248 g/mol. The standard InChI is InChI=1S/C10H11F3N2O2/c1-7-2-3-8(4-14-7)5-15-9(16)17-6-10(11,12)13/h2-4H,5-6H2,1H3,(H,15,16). The molecule has 0 bridgehead atoms. The summed E-state index contributed by atoms with van der Waals surface area (Å²) in [6, 6.07) is 3.45. The summed E-state index contributed by atoms with van der Waals surface area (Å²) in [4.78, 5) is 14.8. The molecule has 0 saturated carbocycles. The van der Waals surface area contributed by atoms with Gasteiger partial charge in [-0.05, 0) is 18.6 Å². The molecule has 4 nitrogen and oxygen atoms in total. The van der Waals surface area contributed by atoms with Crippen molar-refractivity contribution in [2.45, 2.75) is 19.6 Å². The number of alkyl carbamates (subject to hydrolysis) is 1. The Bertz CT molecular complexity index is 376. The molecule has 1 rings (SSSR count). The van der Waals surface area contributed by atoms with Gasteiger partial charge in [-0.1, -0.05) is 6.07 Å². The molecule has 7 heteroatoms. The Labute approximate surface area is 95.8 Å². The summed E-state index contributed by atoms with van der Waals surface area (Å²) in [5.41, 5.74) is 1.49. The summed E-state index contributed by atoms with van der Waals surface area (Å²) in [5, 5.41) is 2.19. The second-order valence-corrected chi connectivity index (χ2v) is 3.35. The lowest BCUT2D eigenvalue weighted by Gasteiger charge is -2.09. The number of aryl methyl sites for hydroxylation is 1. The van der Waals surface area contributed by atoms with E-state index in [1.54, 1.807) is 19.1 Å². The van der Waals surface area contributed by atoms with Crippen molar-refractivity contribution >= 4 is 6.09 Å². The van der Waals surface area contributed by atoms with Crippen molar-refractivity contribution in [1.29, 1.82) is 0 Å². The number of alkyl halides is 3. The number of carbonyl (C=O) groups is 1.